The lowest BCUT2D eigenvalue weighted by Gasteiger charge is -2.11. The van der Waals surface area contributed by atoms with Gasteiger partial charge in [-0.05, 0) is 49.4 Å². The zero-order chi connectivity index (χ0) is 13.7. The van der Waals surface area contributed by atoms with Gasteiger partial charge in [0.2, 0.25) is 5.91 Å². The molecule has 0 spiro atoms. The first-order chi connectivity index (χ1) is 9.15. The van der Waals surface area contributed by atoms with Crippen molar-refractivity contribution in [2.75, 3.05) is 11.9 Å². The fraction of sp³-hybridized carbons (Fsp3) is 0.562. The van der Waals surface area contributed by atoms with Gasteiger partial charge in [-0.2, -0.15) is 0 Å². The summed E-state index contributed by atoms with van der Waals surface area (Å²) in [5.74, 6) is 0.606. The highest BCUT2D eigenvalue weighted by Gasteiger charge is 2.15. The van der Waals surface area contributed by atoms with E-state index < -0.39 is 0 Å². The lowest BCUT2D eigenvalue weighted by Crippen LogP contribution is -2.23. The van der Waals surface area contributed by atoms with Crippen molar-refractivity contribution < 1.29 is 4.79 Å². The first-order valence-electron chi connectivity index (χ1n) is 7.28. The largest absolute Gasteiger partial charge is 0.326 e. The number of amides is 1. The highest BCUT2D eigenvalue weighted by molar-refractivity contribution is 5.90. The Hall–Kier alpha value is -1.35. The molecule has 0 saturated carbocycles. The van der Waals surface area contributed by atoms with E-state index in [0.29, 0.717) is 18.4 Å². The maximum absolute atomic E-state index is 11.9. The molecule has 0 bridgehead atoms. The summed E-state index contributed by atoms with van der Waals surface area (Å²) < 4.78 is 0. The monoisotopic (exact) mass is 260 g/mol. The minimum absolute atomic E-state index is 0.120. The Morgan fingerprint density at radius 3 is 3.00 bits per heavy atom. The van der Waals surface area contributed by atoms with Crippen LogP contribution in [0.4, 0.5) is 5.69 Å². The van der Waals surface area contributed by atoms with Gasteiger partial charge in [-0.1, -0.05) is 26.0 Å². The van der Waals surface area contributed by atoms with E-state index in [1.807, 2.05) is 12.1 Å². The summed E-state index contributed by atoms with van der Waals surface area (Å²) in [6, 6.07) is 8.66. The lowest BCUT2D eigenvalue weighted by molar-refractivity contribution is -0.116. The van der Waals surface area contributed by atoms with Gasteiger partial charge in [-0.25, -0.2) is 0 Å². The van der Waals surface area contributed by atoms with Gasteiger partial charge in [0, 0.05) is 18.2 Å². The second kappa shape index (κ2) is 6.71. The van der Waals surface area contributed by atoms with Crippen LogP contribution in [0.2, 0.25) is 0 Å². The molecule has 1 amide bonds. The third-order valence-corrected chi connectivity index (χ3v) is 3.72. The summed E-state index contributed by atoms with van der Waals surface area (Å²) in [6.45, 7) is 5.42. The Kier molecular flexibility index (Phi) is 4.97. The first-order valence-corrected chi connectivity index (χ1v) is 7.28. The molecule has 1 aliphatic rings. The standard InChI is InChI=1S/C16H24N2O/c1-12(2)13-5-3-6-15(11-13)18-16(19)9-8-14-7-4-10-17-14/h3,5-6,11-12,14,17H,4,7-10H2,1-2H3,(H,18,19). The Balaban J connectivity index is 1.82. The number of carbonyl (C=O) groups excluding carboxylic acids is 1. The highest BCUT2D eigenvalue weighted by atomic mass is 16.1. The van der Waals surface area contributed by atoms with Crippen LogP contribution >= 0.6 is 0 Å². The molecule has 2 rings (SSSR count). The smallest absolute Gasteiger partial charge is 0.224 e. The van der Waals surface area contributed by atoms with Gasteiger partial charge >= 0.3 is 0 Å². The topological polar surface area (TPSA) is 41.1 Å². The van der Waals surface area contributed by atoms with Crippen molar-refractivity contribution in [3.05, 3.63) is 29.8 Å². The lowest BCUT2D eigenvalue weighted by atomic mass is 10.0. The van der Waals surface area contributed by atoms with Crippen LogP contribution in [0.25, 0.3) is 0 Å². The van der Waals surface area contributed by atoms with Crippen molar-refractivity contribution in [2.24, 2.45) is 0 Å². The van der Waals surface area contributed by atoms with Crippen LogP contribution in [0, 0.1) is 0 Å². The Morgan fingerprint density at radius 2 is 2.32 bits per heavy atom. The Bertz CT molecular complexity index is 423. The summed E-state index contributed by atoms with van der Waals surface area (Å²) in [7, 11) is 0. The number of hydrogen-bond donors (Lipinski definition) is 2. The van der Waals surface area contributed by atoms with E-state index in [-0.39, 0.29) is 5.91 Å². The van der Waals surface area contributed by atoms with Crippen molar-refractivity contribution >= 4 is 11.6 Å². The number of anilines is 1. The maximum atomic E-state index is 11.9. The molecule has 0 aliphatic carbocycles. The predicted octanol–water partition coefficient (Wildman–Crippen LogP) is 3.28. The van der Waals surface area contributed by atoms with E-state index in [1.54, 1.807) is 0 Å². The molecule has 1 aliphatic heterocycles. The van der Waals surface area contributed by atoms with Crippen LogP contribution in [-0.4, -0.2) is 18.5 Å². The van der Waals surface area contributed by atoms with Gasteiger partial charge in [-0.15, -0.1) is 0 Å². The van der Waals surface area contributed by atoms with E-state index in [0.717, 1.165) is 18.7 Å². The van der Waals surface area contributed by atoms with Crippen molar-refractivity contribution in [3.8, 4) is 0 Å². The molecule has 104 valence electrons. The summed E-state index contributed by atoms with van der Waals surface area (Å²) in [5.41, 5.74) is 2.17. The number of rotatable bonds is 5. The molecule has 1 aromatic rings. The normalized spacial score (nSPS) is 18.8. The second-order valence-corrected chi connectivity index (χ2v) is 5.66. The molecule has 1 heterocycles. The fourth-order valence-electron chi connectivity index (χ4n) is 2.51. The number of benzene rings is 1. The SMILES string of the molecule is CC(C)c1cccc(NC(=O)CCC2CCCN2)c1. The molecule has 1 atom stereocenters. The maximum Gasteiger partial charge on any atom is 0.224 e. The molecule has 19 heavy (non-hydrogen) atoms. The van der Waals surface area contributed by atoms with E-state index in [4.69, 9.17) is 0 Å². The van der Waals surface area contributed by atoms with Gasteiger partial charge in [0.05, 0.1) is 0 Å². The summed E-state index contributed by atoms with van der Waals surface area (Å²) in [6.07, 6.45) is 3.98. The molecule has 1 fully saturated rings. The van der Waals surface area contributed by atoms with Crippen LogP contribution < -0.4 is 10.6 Å². The molecule has 3 heteroatoms. The number of hydrogen-bond acceptors (Lipinski definition) is 2. The molecule has 1 unspecified atom stereocenters. The third-order valence-electron chi connectivity index (χ3n) is 3.72. The molecular formula is C16H24N2O. The summed E-state index contributed by atoms with van der Waals surface area (Å²) in [4.78, 5) is 11.9. The molecule has 3 nitrogen and oxygen atoms in total. The zero-order valence-electron chi connectivity index (χ0n) is 11.9. The quantitative estimate of drug-likeness (QED) is 0.853. The van der Waals surface area contributed by atoms with Crippen LogP contribution in [-0.2, 0) is 4.79 Å². The fourth-order valence-corrected chi connectivity index (χ4v) is 2.51. The molecule has 0 radical (unpaired) electrons. The molecular weight excluding hydrogens is 236 g/mol. The first kappa shape index (κ1) is 14.1. The number of carbonyl (C=O) groups is 1. The van der Waals surface area contributed by atoms with Gasteiger partial charge in [0.1, 0.15) is 0 Å². The third kappa shape index (κ3) is 4.35. The van der Waals surface area contributed by atoms with Gasteiger partial charge < -0.3 is 10.6 Å². The van der Waals surface area contributed by atoms with E-state index in [1.165, 1.54) is 18.4 Å². The minimum Gasteiger partial charge on any atom is -0.326 e. The average Bonchev–Trinajstić information content (AvgIpc) is 2.90. The van der Waals surface area contributed by atoms with E-state index in [2.05, 4.69) is 36.6 Å². The second-order valence-electron chi connectivity index (χ2n) is 5.66. The minimum atomic E-state index is 0.120. The van der Waals surface area contributed by atoms with Crippen molar-refractivity contribution in [2.45, 2.75) is 51.5 Å². The average molecular weight is 260 g/mol. The van der Waals surface area contributed by atoms with E-state index in [9.17, 15) is 4.79 Å². The molecule has 1 saturated heterocycles. The van der Waals surface area contributed by atoms with Crippen LogP contribution in [0.15, 0.2) is 24.3 Å². The summed E-state index contributed by atoms with van der Waals surface area (Å²) in [5, 5.41) is 6.41. The zero-order valence-corrected chi connectivity index (χ0v) is 11.9. The van der Waals surface area contributed by atoms with Crippen LogP contribution in [0.3, 0.4) is 0 Å². The Labute approximate surface area is 115 Å². The van der Waals surface area contributed by atoms with Gasteiger partial charge in [-0.3, -0.25) is 4.79 Å². The predicted molar refractivity (Wildman–Crippen MR) is 79.4 cm³/mol. The summed E-state index contributed by atoms with van der Waals surface area (Å²) >= 11 is 0. The van der Waals surface area contributed by atoms with E-state index >= 15 is 0 Å². The van der Waals surface area contributed by atoms with Gasteiger partial charge in [0.15, 0.2) is 0 Å². The van der Waals surface area contributed by atoms with Crippen LogP contribution in [0.1, 0.15) is 51.0 Å². The molecule has 1 aromatic carbocycles. The van der Waals surface area contributed by atoms with Crippen molar-refractivity contribution in [1.82, 2.24) is 5.32 Å². The van der Waals surface area contributed by atoms with Gasteiger partial charge in [0.25, 0.3) is 0 Å². The highest BCUT2D eigenvalue weighted by Crippen LogP contribution is 2.19. The van der Waals surface area contributed by atoms with Crippen molar-refractivity contribution in [1.29, 1.82) is 0 Å². The Morgan fingerprint density at radius 1 is 1.47 bits per heavy atom. The number of nitrogens with one attached hydrogen (secondary N) is 2. The molecule has 0 aromatic heterocycles. The molecule has 2 N–H and O–H groups in total. The van der Waals surface area contributed by atoms with Crippen LogP contribution in [0.5, 0.6) is 0 Å². The van der Waals surface area contributed by atoms with Crippen molar-refractivity contribution in [3.63, 3.8) is 0 Å².